The maximum Gasteiger partial charge on any atom is 0.133 e. The van der Waals surface area contributed by atoms with Gasteiger partial charge in [0.05, 0.1) is 25.9 Å². The molecule has 0 amide bonds. The highest BCUT2D eigenvalue weighted by Gasteiger charge is 2.23. The zero-order valence-electron chi connectivity index (χ0n) is 9.06. The third kappa shape index (κ3) is 2.50. The fourth-order valence-corrected chi connectivity index (χ4v) is 2.23. The number of aryl methyl sites for hydroxylation is 1. The molecule has 6 heteroatoms. The number of nitrogens with zero attached hydrogens (tertiary/aromatic N) is 3. The average Bonchev–Trinajstić information content (AvgIpc) is 2.27. The van der Waals surface area contributed by atoms with Gasteiger partial charge in [-0.05, 0) is 22.9 Å². The summed E-state index contributed by atoms with van der Waals surface area (Å²) in [6.45, 7) is 3.87. The quantitative estimate of drug-likeness (QED) is 0.814. The lowest BCUT2D eigenvalue weighted by atomic mass is 10.2. The van der Waals surface area contributed by atoms with Crippen LogP contribution in [0.25, 0.3) is 0 Å². The van der Waals surface area contributed by atoms with E-state index in [0.29, 0.717) is 19.0 Å². The number of aliphatic hydroxyl groups excluding tert-OH is 1. The molecule has 1 N–H and O–H groups in total. The SMILES string of the molecule is Cc1nc(Br)cc(N2CCOCC2CO)n1. The van der Waals surface area contributed by atoms with E-state index in [1.165, 1.54) is 0 Å². The van der Waals surface area contributed by atoms with Gasteiger partial charge in [-0.2, -0.15) is 0 Å². The molecular formula is C10H14BrN3O2. The summed E-state index contributed by atoms with van der Waals surface area (Å²) in [6.07, 6.45) is 0. The Labute approximate surface area is 103 Å². The minimum Gasteiger partial charge on any atom is -0.394 e. The molecular weight excluding hydrogens is 274 g/mol. The van der Waals surface area contributed by atoms with Gasteiger partial charge in [0.15, 0.2) is 0 Å². The van der Waals surface area contributed by atoms with E-state index in [4.69, 9.17) is 4.74 Å². The zero-order chi connectivity index (χ0) is 11.5. The summed E-state index contributed by atoms with van der Waals surface area (Å²) in [7, 11) is 0. The molecule has 1 fully saturated rings. The second-order valence-electron chi connectivity index (χ2n) is 3.70. The van der Waals surface area contributed by atoms with Crippen LogP contribution in [0.5, 0.6) is 0 Å². The number of morpholine rings is 1. The summed E-state index contributed by atoms with van der Waals surface area (Å²) < 4.78 is 6.09. The molecule has 0 aromatic carbocycles. The number of rotatable bonds is 2. The molecule has 1 unspecified atom stereocenters. The van der Waals surface area contributed by atoms with Crippen molar-refractivity contribution in [3.05, 3.63) is 16.5 Å². The molecule has 16 heavy (non-hydrogen) atoms. The molecule has 5 nitrogen and oxygen atoms in total. The molecule has 1 aromatic heterocycles. The molecule has 1 aliphatic rings. The summed E-state index contributed by atoms with van der Waals surface area (Å²) >= 11 is 3.35. The molecule has 0 saturated carbocycles. The van der Waals surface area contributed by atoms with E-state index in [1.54, 1.807) is 0 Å². The molecule has 0 spiro atoms. The van der Waals surface area contributed by atoms with Crippen LogP contribution >= 0.6 is 15.9 Å². The van der Waals surface area contributed by atoms with E-state index < -0.39 is 0 Å². The predicted molar refractivity (Wildman–Crippen MR) is 63.5 cm³/mol. The van der Waals surface area contributed by atoms with Gasteiger partial charge in [-0.25, -0.2) is 9.97 Å². The normalized spacial score (nSPS) is 21.2. The highest BCUT2D eigenvalue weighted by Crippen LogP contribution is 2.20. The summed E-state index contributed by atoms with van der Waals surface area (Å²) in [5, 5.41) is 9.28. The second kappa shape index (κ2) is 5.07. The lowest BCUT2D eigenvalue weighted by Crippen LogP contribution is -2.48. The van der Waals surface area contributed by atoms with Crippen LogP contribution in [0.3, 0.4) is 0 Å². The number of halogens is 1. The van der Waals surface area contributed by atoms with Crippen molar-refractivity contribution in [2.75, 3.05) is 31.3 Å². The number of aliphatic hydroxyl groups is 1. The first-order valence-electron chi connectivity index (χ1n) is 5.17. The Bertz CT molecular complexity index is 355. The highest BCUT2D eigenvalue weighted by atomic mass is 79.9. The third-order valence-electron chi connectivity index (χ3n) is 2.53. The van der Waals surface area contributed by atoms with E-state index in [-0.39, 0.29) is 12.6 Å². The Morgan fingerprint density at radius 2 is 2.44 bits per heavy atom. The maximum absolute atomic E-state index is 9.28. The molecule has 2 heterocycles. The van der Waals surface area contributed by atoms with Gasteiger partial charge in [0, 0.05) is 12.6 Å². The Kier molecular flexibility index (Phi) is 3.73. The van der Waals surface area contributed by atoms with E-state index in [0.717, 1.165) is 17.0 Å². The highest BCUT2D eigenvalue weighted by molar-refractivity contribution is 9.10. The Hall–Kier alpha value is -0.720. The smallest absolute Gasteiger partial charge is 0.133 e. The lowest BCUT2D eigenvalue weighted by molar-refractivity contribution is 0.0722. The van der Waals surface area contributed by atoms with E-state index in [1.807, 2.05) is 13.0 Å². The van der Waals surface area contributed by atoms with Crippen LogP contribution in [0.1, 0.15) is 5.82 Å². The van der Waals surface area contributed by atoms with Crippen molar-refractivity contribution in [3.63, 3.8) is 0 Å². The van der Waals surface area contributed by atoms with Gasteiger partial charge in [-0.1, -0.05) is 0 Å². The minimum absolute atomic E-state index is 0.0186. The van der Waals surface area contributed by atoms with Gasteiger partial charge in [0.2, 0.25) is 0 Å². The molecule has 0 aliphatic carbocycles. The second-order valence-corrected chi connectivity index (χ2v) is 4.51. The number of aromatic nitrogens is 2. The van der Waals surface area contributed by atoms with Crippen molar-refractivity contribution in [1.82, 2.24) is 9.97 Å². The van der Waals surface area contributed by atoms with Crippen LogP contribution < -0.4 is 4.90 Å². The monoisotopic (exact) mass is 287 g/mol. The molecule has 0 bridgehead atoms. The molecule has 88 valence electrons. The first-order chi connectivity index (χ1) is 7.70. The van der Waals surface area contributed by atoms with Gasteiger partial charge >= 0.3 is 0 Å². The maximum atomic E-state index is 9.28. The fraction of sp³-hybridized carbons (Fsp3) is 0.600. The van der Waals surface area contributed by atoms with E-state index in [9.17, 15) is 5.11 Å². The fourth-order valence-electron chi connectivity index (χ4n) is 1.77. The molecule has 0 radical (unpaired) electrons. The summed E-state index contributed by atoms with van der Waals surface area (Å²) in [4.78, 5) is 10.6. The predicted octanol–water partition coefficient (Wildman–Crippen LogP) is 0.745. The van der Waals surface area contributed by atoms with Crippen molar-refractivity contribution in [2.24, 2.45) is 0 Å². The van der Waals surface area contributed by atoms with Crippen LogP contribution in [-0.4, -0.2) is 47.5 Å². The van der Waals surface area contributed by atoms with Crippen LogP contribution in [-0.2, 0) is 4.74 Å². The zero-order valence-corrected chi connectivity index (χ0v) is 10.6. The largest absolute Gasteiger partial charge is 0.394 e. The van der Waals surface area contributed by atoms with Gasteiger partial charge in [-0.3, -0.25) is 0 Å². The molecule has 1 atom stereocenters. The van der Waals surface area contributed by atoms with Crippen LogP contribution in [0.2, 0.25) is 0 Å². The van der Waals surface area contributed by atoms with Gasteiger partial charge < -0.3 is 14.7 Å². The van der Waals surface area contributed by atoms with E-state index >= 15 is 0 Å². The molecule has 1 aromatic rings. The first kappa shape index (κ1) is 11.8. The average molecular weight is 288 g/mol. The Morgan fingerprint density at radius 3 is 3.12 bits per heavy atom. The number of hydrogen-bond acceptors (Lipinski definition) is 5. The van der Waals surface area contributed by atoms with Crippen molar-refractivity contribution in [3.8, 4) is 0 Å². The Balaban J connectivity index is 2.26. The van der Waals surface area contributed by atoms with Crippen LogP contribution in [0, 0.1) is 6.92 Å². The summed E-state index contributed by atoms with van der Waals surface area (Å²) in [6, 6.07) is 1.84. The summed E-state index contributed by atoms with van der Waals surface area (Å²) in [5.74, 6) is 1.55. The first-order valence-corrected chi connectivity index (χ1v) is 5.96. The van der Waals surface area contributed by atoms with E-state index in [2.05, 4.69) is 30.8 Å². The van der Waals surface area contributed by atoms with Crippen molar-refractivity contribution in [2.45, 2.75) is 13.0 Å². The standard InChI is InChI=1S/C10H14BrN3O2/c1-7-12-9(11)4-10(13-7)14-2-3-16-6-8(14)5-15/h4,8,15H,2-3,5-6H2,1H3. The molecule has 1 saturated heterocycles. The molecule has 2 rings (SSSR count). The third-order valence-corrected chi connectivity index (χ3v) is 2.93. The van der Waals surface area contributed by atoms with Crippen molar-refractivity contribution in [1.29, 1.82) is 0 Å². The van der Waals surface area contributed by atoms with Gasteiger partial charge in [-0.15, -0.1) is 0 Å². The van der Waals surface area contributed by atoms with Crippen molar-refractivity contribution >= 4 is 21.7 Å². The van der Waals surface area contributed by atoms with Crippen molar-refractivity contribution < 1.29 is 9.84 Å². The number of hydrogen-bond donors (Lipinski definition) is 1. The molecule has 1 aliphatic heterocycles. The summed E-state index contributed by atoms with van der Waals surface area (Å²) in [5.41, 5.74) is 0. The van der Waals surface area contributed by atoms with Gasteiger partial charge in [0.1, 0.15) is 16.2 Å². The lowest BCUT2D eigenvalue weighted by Gasteiger charge is -2.35. The topological polar surface area (TPSA) is 58.5 Å². The Morgan fingerprint density at radius 1 is 1.62 bits per heavy atom. The van der Waals surface area contributed by atoms with Crippen LogP contribution in [0.15, 0.2) is 10.7 Å². The van der Waals surface area contributed by atoms with Gasteiger partial charge in [0.25, 0.3) is 0 Å². The van der Waals surface area contributed by atoms with Crippen LogP contribution in [0.4, 0.5) is 5.82 Å². The number of anilines is 1. The minimum atomic E-state index is -0.0186. The number of ether oxygens (including phenoxy) is 1.